The summed E-state index contributed by atoms with van der Waals surface area (Å²) in [6.45, 7) is 0. The van der Waals surface area contributed by atoms with Crippen LogP contribution in [0.5, 0.6) is 0 Å². The Bertz CT molecular complexity index is 815. The van der Waals surface area contributed by atoms with E-state index in [1.807, 2.05) is 0 Å². The molecule has 6 unspecified atom stereocenters. The molecule has 0 bridgehead atoms. The molecule has 2 aliphatic rings. The van der Waals surface area contributed by atoms with Crippen LogP contribution in [0.4, 0.5) is 0 Å². The molecule has 2 fully saturated rings. The Kier molecular flexibility index (Phi) is 12.1. The standard InChI is InChI=1S/C23H36O12S2/c24-18(25)12-22(30)10-16(34-20(28)14-22)4-1-6-36(32)8-3-9-37(33)7-2-5-17-11-23(31,13-19(26)27)15-21(29)35-17/h16-17,30-31H,1-15H2,(H,24,25)(H,26,27). The van der Waals surface area contributed by atoms with Gasteiger partial charge in [0.05, 0.1) is 36.9 Å². The smallest absolute Gasteiger partial charge is 0.309 e. The summed E-state index contributed by atoms with van der Waals surface area (Å²) >= 11 is 0. The van der Waals surface area contributed by atoms with Crippen LogP contribution in [0.1, 0.15) is 70.6 Å². The average Bonchev–Trinajstić information content (AvgIpc) is 2.70. The average molecular weight is 569 g/mol. The van der Waals surface area contributed by atoms with Gasteiger partial charge in [-0.3, -0.25) is 27.6 Å². The normalized spacial score (nSPS) is 29.7. The molecule has 4 N–H and O–H groups in total. The summed E-state index contributed by atoms with van der Waals surface area (Å²) in [5.74, 6) is -2.33. The van der Waals surface area contributed by atoms with Crippen molar-refractivity contribution in [3.05, 3.63) is 0 Å². The van der Waals surface area contributed by atoms with E-state index in [1.54, 1.807) is 0 Å². The minimum absolute atomic E-state index is 0.0234. The van der Waals surface area contributed by atoms with E-state index < -0.39 is 81.7 Å². The van der Waals surface area contributed by atoms with Crippen LogP contribution in [0.25, 0.3) is 0 Å². The number of hydrogen-bond donors (Lipinski definition) is 4. The van der Waals surface area contributed by atoms with E-state index in [1.165, 1.54) is 0 Å². The van der Waals surface area contributed by atoms with E-state index in [0.717, 1.165) is 0 Å². The number of aliphatic carboxylic acids is 2. The van der Waals surface area contributed by atoms with Crippen LogP contribution in [0, 0.1) is 0 Å². The zero-order valence-electron chi connectivity index (χ0n) is 20.6. The first kappa shape index (κ1) is 31.3. The number of cyclic esters (lactones) is 2. The van der Waals surface area contributed by atoms with Crippen molar-refractivity contribution in [2.24, 2.45) is 0 Å². The second-order valence-corrected chi connectivity index (χ2v) is 13.3. The molecule has 0 aromatic carbocycles. The van der Waals surface area contributed by atoms with Gasteiger partial charge in [0.2, 0.25) is 0 Å². The Morgan fingerprint density at radius 3 is 1.43 bits per heavy atom. The van der Waals surface area contributed by atoms with Crippen molar-refractivity contribution in [2.75, 3.05) is 23.0 Å². The maximum Gasteiger partial charge on any atom is 0.309 e. The summed E-state index contributed by atoms with van der Waals surface area (Å²) in [6, 6.07) is 0. The minimum atomic E-state index is -1.63. The second kappa shape index (κ2) is 14.3. The summed E-state index contributed by atoms with van der Waals surface area (Å²) < 4.78 is 34.9. The lowest BCUT2D eigenvalue weighted by Gasteiger charge is -2.35. The van der Waals surface area contributed by atoms with Crippen LogP contribution in [0.15, 0.2) is 0 Å². The maximum absolute atomic E-state index is 12.3. The highest BCUT2D eigenvalue weighted by molar-refractivity contribution is 7.85. The highest BCUT2D eigenvalue weighted by Gasteiger charge is 2.42. The molecule has 2 rings (SSSR count). The van der Waals surface area contributed by atoms with Crippen molar-refractivity contribution >= 4 is 45.5 Å². The van der Waals surface area contributed by atoms with Gasteiger partial charge in [0.1, 0.15) is 12.2 Å². The zero-order chi connectivity index (χ0) is 27.6. The van der Waals surface area contributed by atoms with Crippen molar-refractivity contribution in [2.45, 2.75) is 94.0 Å². The molecule has 14 heteroatoms. The molecule has 37 heavy (non-hydrogen) atoms. The third kappa shape index (κ3) is 12.0. The molecule has 0 radical (unpaired) electrons. The summed E-state index contributed by atoms with van der Waals surface area (Å²) in [5, 5.41) is 38.5. The fourth-order valence-electron chi connectivity index (χ4n) is 4.75. The fraction of sp³-hybridized carbons (Fsp3) is 0.826. The third-order valence-corrected chi connectivity index (χ3v) is 9.24. The lowest BCUT2D eigenvalue weighted by Crippen LogP contribution is -2.44. The molecule has 2 saturated heterocycles. The van der Waals surface area contributed by atoms with Gasteiger partial charge in [0.25, 0.3) is 0 Å². The Labute approximate surface area is 220 Å². The van der Waals surface area contributed by atoms with Crippen LogP contribution < -0.4 is 0 Å². The van der Waals surface area contributed by atoms with Crippen molar-refractivity contribution in [3.8, 4) is 0 Å². The monoisotopic (exact) mass is 568 g/mol. The number of rotatable bonds is 16. The van der Waals surface area contributed by atoms with Gasteiger partial charge >= 0.3 is 23.9 Å². The first-order chi connectivity index (χ1) is 17.3. The van der Waals surface area contributed by atoms with Crippen LogP contribution in [-0.4, -0.2) is 99.1 Å². The van der Waals surface area contributed by atoms with Crippen molar-refractivity contribution < 1.29 is 57.5 Å². The quantitative estimate of drug-likeness (QED) is 0.185. The van der Waals surface area contributed by atoms with E-state index in [9.17, 15) is 37.8 Å². The maximum atomic E-state index is 12.3. The van der Waals surface area contributed by atoms with E-state index in [2.05, 4.69) is 0 Å². The highest BCUT2D eigenvalue weighted by atomic mass is 32.2. The molecule has 0 amide bonds. The Morgan fingerprint density at radius 1 is 0.730 bits per heavy atom. The number of ether oxygens (including phenoxy) is 2. The van der Waals surface area contributed by atoms with Crippen LogP contribution >= 0.6 is 0 Å². The molecule has 0 aromatic rings. The predicted molar refractivity (Wildman–Crippen MR) is 131 cm³/mol. The molecule has 212 valence electrons. The van der Waals surface area contributed by atoms with Crippen molar-refractivity contribution in [1.82, 2.24) is 0 Å². The van der Waals surface area contributed by atoms with Gasteiger partial charge in [-0.1, -0.05) is 0 Å². The Morgan fingerprint density at radius 2 is 1.08 bits per heavy atom. The summed E-state index contributed by atoms with van der Waals surface area (Å²) in [5.41, 5.74) is -3.26. The second-order valence-electron chi connectivity index (χ2n) is 9.91. The van der Waals surface area contributed by atoms with Gasteiger partial charge in [0.15, 0.2) is 0 Å². The van der Waals surface area contributed by atoms with Gasteiger partial charge in [0, 0.05) is 57.5 Å². The number of carbonyl (C=O) groups excluding carboxylic acids is 2. The first-order valence-electron chi connectivity index (χ1n) is 12.2. The van der Waals surface area contributed by atoms with Gasteiger partial charge in [-0.25, -0.2) is 0 Å². The largest absolute Gasteiger partial charge is 0.481 e. The third-order valence-electron chi connectivity index (χ3n) is 6.26. The molecule has 0 aromatic heterocycles. The molecule has 2 aliphatic heterocycles. The predicted octanol–water partition coefficient (Wildman–Crippen LogP) is 0.257. The van der Waals surface area contributed by atoms with E-state index in [4.69, 9.17) is 19.7 Å². The molecule has 0 aliphatic carbocycles. The number of carboxylic acids is 2. The summed E-state index contributed by atoms with van der Waals surface area (Å²) in [7, 11) is -2.34. The lowest BCUT2D eigenvalue weighted by atomic mass is 9.86. The molecule has 6 atom stereocenters. The van der Waals surface area contributed by atoms with Gasteiger partial charge < -0.3 is 29.9 Å². The Hall–Kier alpha value is -1.90. The zero-order valence-corrected chi connectivity index (χ0v) is 22.3. The first-order valence-corrected chi connectivity index (χ1v) is 15.2. The Balaban J connectivity index is 1.59. The molecule has 0 saturated carbocycles. The number of aliphatic hydroxyl groups is 2. The van der Waals surface area contributed by atoms with E-state index >= 15 is 0 Å². The van der Waals surface area contributed by atoms with Crippen LogP contribution in [0.3, 0.4) is 0 Å². The molecule has 2 heterocycles. The van der Waals surface area contributed by atoms with Crippen molar-refractivity contribution in [1.29, 1.82) is 0 Å². The number of carbonyl (C=O) groups is 4. The SMILES string of the molecule is O=C(O)CC1(O)CC(=O)OC(CCCS(=O)CCCS(=O)CCCC2CC(O)(CC(=O)O)CC(=O)O2)C1. The molecule has 12 nitrogen and oxygen atoms in total. The number of hydrogen-bond acceptors (Lipinski definition) is 10. The lowest BCUT2D eigenvalue weighted by molar-refractivity contribution is -0.176. The number of carboxylic acid groups (broad SMARTS) is 2. The highest BCUT2D eigenvalue weighted by Crippen LogP contribution is 2.32. The summed E-state index contributed by atoms with van der Waals surface area (Å²) in [6.07, 6.45) is -0.890. The van der Waals surface area contributed by atoms with Gasteiger partial charge in [-0.2, -0.15) is 0 Å². The fourth-order valence-corrected chi connectivity index (χ4v) is 7.25. The molecular formula is C23H36O12S2. The van der Waals surface area contributed by atoms with E-state index in [0.29, 0.717) is 55.1 Å². The minimum Gasteiger partial charge on any atom is -0.481 e. The van der Waals surface area contributed by atoms with Crippen molar-refractivity contribution in [3.63, 3.8) is 0 Å². The summed E-state index contributed by atoms with van der Waals surface area (Å²) in [4.78, 5) is 45.2. The van der Waals surface area contributed by atoms with E-state index in [-0.39, 0.29) is 25.7 Å². The molecular weight excluding hydrogens is 532 g/mol. The van der Waals surface area contributed by atoms with Gasteiger partial charge in [-0.15, -0.1) is 0 Å². The van der Waals surface area contributed by atoms with Gasteiger partial charge in [-0.05, 0) is 32.1 Å². The molecule has 0 spiro atoms. The van der Waals surface area contributed by atoms with Crippen LogP contribution in [-0.2, 0) is 50.3 Å². The number of esters is 2. The van der Waals surface area contributed by atoms with Crippen LogP contribution in [0.2, 0.25) is 0 Å². The topological polar surface area (TPSA) is 202 Å².